The summed E-state index contributed by atoms with van der Waals surface area (Å²) >= 11 is 5.68. The molecule has 10 heteroatoms. The van der Waals surface area contributed by atoms with E-state index in [1.807, 2.05) is 0 Å². The second-order valence-corrected chi connectivity index (χ2v) is 6.56. The van der Waals surface area contributed by atoms with Gasteiger partial charge in [-0.15, -0.1) is 0 Å². The fourth-order valence-electron chi connectivity index (χ4n) is 2.82. The molecule has 28 heavy (non-hydrogen) atoms. The summed E-state index contributed by atoms with van der Waals surface area (Å²) in [4.78, 5) is 8.50. The van der Waals surface area contributed by atoms with Gasteiger partial charge >= 0.3 is 12.0 Å². The first kappa shape index (κ1) is 18.4. The molecule has 0 spiro atoms. The molecule has 0 saturated heterocycles. The SMILES string of the molecule is Fc1cc(F)cc(C2COC(NNC3=NC(c4ccc(Cl)c(F)c4)CO3)=N2)c1. The van der Waals surface area contributed by atoms with Crippen LogP contribution in [-0.4, -0.2) is 25.3 Å². The minimum atomic E-state index is -0.678. The van der Waals surface area contributed by atoms with Crippen LogP contribution in [-0.2, 0) is 9.47 Å². The van der Waals surface area contributed by atoms with Crippen molar-refractivity contribution >= 4 is 23.6 Å². The molecule has 0 aliphatic carbocycles. The van der Waals surface area contributed by atoms with E-state index in [-0.39, 0.29) is 36.3 Å². The molecule has 0 amide bonds. The van der Waals surface area contributed by atoms with Crippen LogP contribution in [0.15, 0.2) is 46.4 Å². The van der Waals surface area contributed by atoms with Crippen LogP contribution in [0.25, 0.3) is 0 Å². The largest absolute Gasteiger partial charge is 0.461 e. The van der Waals surface area contributed by atoms with Gasteiger partial charge < -0.3 is 9.47 Å². The molecule has 2 aliphatic rings. The first-order chi connectivity index (χ1) is 13.5. The normalized spacial score (nSPS) is 20.9. The highest BCUT2D eigenvalue weighted by Gasteiger charge is 2.24. The van der Waals surface area contributed by atoms with E-state index in [1.165, 1.54) is 24.3 Å². The van der Waals surface area contributed by atoms with Gasteiger partial charge in [0, 0.05) is 6.07 Å². The van der Waals surface area contributed by atoms with Gasteiger partial charge in [-0.25, -0.2) is 34.0 Å². The summed E-state index contributed by atoms with van der Waals surface area (Å²) in [6.45, 7) is 0.358. The van der Waals surface area contributed by atoms with Gasteiger partial charge in [-0.05, 0) is 35.4 Å². The van der Waals surface area contributed by atoms with E-state index in [9.17, 15) is 13.2 Å². The molecule has 2 unspecified atom stereocenters. The molecule has 0 radical (unpaired) electrons. The lowest BCUT2D eigenvalue weighted by molar-refractivity contribution is 0.289. The van der Waals surface area contributed by atoms with Crippen molar-refractivity contribution in [2.24, 2.45) is 9.98 Å². The van der Waals surface area contributed by atoms with Gasteiger partial charge in [-0.1, -0.05) is 17.7 Å². The molecule has 0 bridgehead atoms. The number of aliphatic imine (C=N–C) groups is 2. The highest BCUT2D eigenvalue weighted by Crippen LogP contribution is 2.26. The lowest BCUT2D eigenvalue weighted by Gasteiger charge is -2.07. The molecule has 2 heterocycles. The van der Waals surface area contributed by atoms with Crippen molar-refractivity contribution < 1.29 is 22.6 Å². The van der Waals surface area contributed by atoms with Gasteiger partial charge in [0.2, 0.25) is 0 Å². The summed E-state index contributed by atoms with van der Waals surface area (Å²) in [5.74, 6) is -1.88. The van der Waals surface area contributed by atoms with Gasteiger partial charge in [-0.3, -0.25) is 0 Å². The molecule has 4 rings (SSSR count). The molecule has 2 N–H and O–H groups in total. The molecule has 0 saturated carbocycles. The highest BCUT2D eigenvalue weighted by atomic mass is 35.5. The van der Waals surface area contributed by atoms with E-state index < -0.39 is 23.5 Å². The fraction of sp³-hybridized carbons (Fsp3) is 0.222. The molecule has 2 aliphatic heterocycles. The van der Waals surface area contributed by atoms with Crippen molar-refractivity contribution in [2.45, 2.75) is 12.1 Å². The number of benzene rings is 2. The summed E-state index contributed by atoms with van der Waals surface area (Å²) in [5.41, 5.74) is 6.38. The maximum absolute atomic E-state index is 13.6. The monoisotopic (exact) mass is 410 g/mol. The first-order valence-electron chi connectivity index (χ1n) is 8.32. The summed E-state index contributed by atoms with van der Waals surface area (Å²) in [6.07, 6.45) is 0. The summed E-state index contributed by atoms with van der Waals surface area (Å²) in [5, 5.41) is 0.0378. The Morgan fingerprint density at radius 1 is 0.821 bits per heavy atom. The number of ether oxygens (including phenoxy) is 2. The predicted octanol–water partition coefficient (Wildman–Crippen LogP) is 3.41. The topological polar surface area (TPSA) is 67.2 Å². The zero-order chi connectivity index (χ0) is 19.7. The number of hydrogen-bond donors (Lipinski definition) is 2. The van der Waals surface area contributed by atoms with Gasteiger partial charge in [0.1, 0.15) is 42.7 Å². The molecule has 2 aromatic carbocycles. The number of nitrogens with zero attached hydrogens (tertiary/aromatic N) is 2. The van der Waals surface area contributed by atoms with Crippen LogP contribution in [0.2, 0.25) is 5.02 Å². The third-order valence-electron chi connectivity index (χ3n) is 4.18. The first-order valence-corrected chi connectivity index (χ1v) is 8.70. The lowest BCUT2D eigenvalue weighted by atomic mass is 10.1. The molecule has 0 fully saturated rings. The van der Waals surface area contributed by atoms with Crippen molar-refractivity contribution in [1.82, 2.24) is 10.9 Å². The molecule has 2 atom stereocenters. The lowest BCUT2D eigenvalue weighted by Crippen LogP contribution is -2.41. The molecule has 6 nitrogen and oxygen atoms in total. The van der Waals surface area contributed by atoms with Crippen molar-refractivity contribution in [3.05, 3.63) is 70.0 Å². The Balaban J connectivity index is 1.37. The van der Waals surface area contributed by atoms with Crippen molar-refractivity contribution in [3.63, 3.8) is 0 Å². The molecular weight excluding hydrogens is 397 g/mol. The second-order valence-electron chi connectivity index (χ2n) is 6.15. The highest BCUT2D eigenvalue weighted by molar-refractivity contribution is 6.30. The summed E-state index contributed by atoms with van der Waals surface area (Å²) < 4.78 is 51.0. The Morgan fingerprint density at radius 2 is 1.39 bits per heavy atom. The fourth-order valence-corrected chi connectivity index (χ4v) is 2.94. The number of rotatable bonds is 2. The Morgan fingerprint density at radius 3 is 1.96 bits per heavy atom. The van der Waals surface area contributed by atoms with Crippen LogP contribution in [0.4, 0.5) is 13.2 Å². The number of halogens is 4. The minimum absolute atomic E-state index is 0.0378. The molecular formula is C18H14ClF3N4O2. The maximum atomic E-state index is 13.6. The number of hydrazine groups is 1. The quantitative estimate of drug-likeness (QED) is 0.745. The van der Waals surface area contributed by atoms with Crippen LogP contribution < -0.4 is 10.9 Å². The standard InChI is InChI=1S/C18H14ClF3N4O2/c19-13-2-1-9(5-14(13)22)15-7-27-17(23-15)25-26-18-24-16(8-28-18)10-3-11(20)6-12(21)4-10/h1-6,15-16H,7-8H2,(H,23,25)(H,24,26). The average molecular weight is 411 g/mol. The average Bonchev–Trinajstić information content (AvgIpc) is 3.31. The van der Waals surface area contributed by atoms with Gasteiger partial charge in [0.15, 0.2) is 0 Å². The summed E-state index contributed by atoms with van der Waals surface area (Å²) in [7, 11) is 0. The van der Waals surface area contributed by atoms with Crippen LogP contribution in [0.1, 0.15) is 23.2 Å². The zero-order valence-electron chi connectivity index (χ0n) is 14.3. The van der Waals surface area contributed by atoms with Crippen LogP contribution in [0.3, 0.4) is 0 Å². The Bertz CT molecular complexity index is 950. The van der Waals surface area contributed by atoms with Gasteiger partial charge in [0.05, 0.1) is 5.02 Å². The number of amidine groups is 2. The van der Waals surface area contributed by atoms with E-state index in [2.05, 4.69) is 20.8 Å². The predicted molar refractivity (Wildman–Crippen MR) is 96.3 cm³/mol. The van der Waals surface area contributed by atoms with Crippen LogP contribution >= 0.6 is 11.6 Å². The van der Waals surface area contributed by atoms with Crippen molar-refractivity contribution in [2.75, 3.05) is 13.2 Å². The van der Waals surface area contributed by atoms with E-state index in [0.717, 1.165) is 6.07 Å². The Kier molecular flexibility index (Phi) is 4.99. The maximum Gasteiger partial charge on any atom is 0.304 e. The Hall–Kier alpha value is -2.94. The smallest absolute Gasteiger partial charge is 0.304 e. The van der Waals surface area contributed by atoms with E-state index in [1.54, 1.807) is 6.07 Å². The second kappa shape index (κ2) is 7.59. The molecule has 0 aromatic heterocycles. The van der Waals surface area contributed by atoms with Crippen LogP contribution in [0.5, 0.6) is 0 Å². The van der Waals surface area contributed by atoms with Gasteiger partial charge in [0.25, 0.3) is 0 Å². The molecule has 2 aromatic rings. The number of nitrogens with one attached hydrogen (secondary N) is 2. The van der Waals surface area contributed by atoms with E-state index in [4.69, 9.17) is 21.1 Å². The number of hydrogen-bond acceptors (Lipinski definition) is 6. The van der Waals surface area contributed by atoms with E-state index >= 15 is 0 Å². The van der Waals surface area contributed by atoms with Crippen molar-refractivity contribution in [1.29, 1.82) is 0 Å². The van der Waals surface area contributed by atoms with Gasteiger partial charge in [-0.2, -0.15) is 0 Å². The summed E-state index contributed by atoms with van der Waals surface area (Å²) in [6, 6.07) is 7.03. The third-order valence-corrected chi connectivity index (χ3v) is 4.48. The Labute approximate surface area is 163 Å². The minimum Gasteiger partial charge on any atom is -0.461 e. The third kappa shape index (κ3) is 3.99. The zero-order valence-corrected chi connectivity index (χ0v) is 15.0. The van der Waals surface area contributed by atoms with Crippen molar-refractivity contribution in [3.8, 4) is 0 Å². The van der Waals surface area contributed by atoms with Crippen LogP contribution in [0, 0.1) is 17.5 Å². The van der Waals surface area contributed by atoms with E-state index in [0.29, 0.717) is 11.1 Å². The molecule has 146 valence electrons.